The second-order valence-corrected chi connectivity index (χ2v) is 50.1. The maximum absolute atomic E-state index is 14.1. The number of hydrogen-bond acceptors (Lipinski definition) is 5. The minimum absolute atomic E-state index is 0.121. The van der Waals surface area contributed by atoms with E-state index in [-0.39, 0.29) is 66.1 Å². The Morgan fingerprint density at radius 2 is 0.489 bits per heavy atom. The van der Waals surface area contributed by atoms with Crippen molar-refractivity contribution in [2.24, 2.45) is 0 Å². The molecule has 131 heavy (non-hydrogen) atoms. The molecule has 1 aliphatic carbocycles. The number of phenolic OH excluding ortho intramolecular Hbond substituents is 5. The topological polar surface area (TPSA) is 101 Å². The molecular weight excluding hydrogens is 2280 g/mol. The zero-order chi connectivity index (χ0) is 102. The van der Waals surface area contributed by atoms with Gasteiger partial charge in [0.2, 0.25) is 23.3 Å². The van der Waals surface area contributed by atoms with Crippen LogP contribution in [0.25, 0.3) is 0 Å². The van der Waals surface area contributed by atoms with Crippen LogP contribution in [0.5, 0.6) is 28.7 Å². The predicted molar refractivity (Wildman–Crippen MR) is 468 cm³/mol. The SMILES string of the molecule is CC(C)(C)c1cc(Pc2c(F)c(F)c(F)c(F)c2F)c(O)c(C(C)(C)C)c1.Cc1cc(C(C)(C)C)cc(Pc2c(F)c(F)c(F)c(F)c2F)c1O.Cc1cc(C)c(O)c(Pc2c(F)c(F)c(F)c(F)c2F)c1.Cc1cc(Pc2c(F)c(F)c(F)c(F)c2F)c(O)c(C(C)(C)C)c1.Cc1ccc(O)c(PC2=C(F)C(F)C(F)C(F)=C2F)c1.[Cl][Ti][Cl].[Cl][Ti][Cl].[Cl][Ti][Cl].[Cl][Ti][Cl].[Cl][Ti][Cl]. The van der Waals surface area contributed by atoms with E-state index in [1.165, 1.54) is 30.3 Å². The number of aryl methyl sites for hydroxylation is 5. The molecule has 7 unspecified atom stereocenters. The Morgan fingerprint density at radius 1 is 0.260 bits per heavy atom. The Bertz CT molecular complexity index is 5360. The molecule has 0 radical (unpaired) electrons. The van der Waals surface area contributed by atoms with Crippen molar-refractivity contribution in [1.82, 2.24) is 0 Å². The van der Waals surface area contributed by atoms with Crippen molar-refractivity contribution in [3.8, 4) is 28.7 Å². The van der Waals surface area contributed by atoms with Crippen LogP contribution in [0.2, 0.25) is 0 Å². The molecule has 9 aromatic rings. The Balaban J connectivity index is 0.000000789. The summed E-state index contributed by atoms with van der Waals surface area (Å²) in [4.78, 5) is 0. The second-order valence-electron chi connectivity index (χ2n) is 30.8. The van der Waals surface area contributed by atoms with E-state index in [1.807, 2.05) is 89.2 Å². The Labute approximate surface area is 831 Å². The van der Waals surface area contributed by atoms with Gasteiger partial charge in [-0.05, 0) is 169 Å². The summed E-state index contributed by atoms with van der Waals surface area (Å²) in [7, 11) is 44.4. The van der Waals surface area contributed by atoms with Crippen LogP contribution in [-0.4, -0.2) is 37.9 Å². The molecule has 0 heterocycles. The van der Waals surface area contributed by atoms with Gasteiger partial charge in [-0.25, -0.2) is 110 Å². The van der Waals surface area contributed by atoms with Crippen LogP contribution in [0.4, 0.5) is 110 Å². The fourth-order valence-corrected chi connectivity index (χ4v) is 17.0. The number of rotatable bonds is 10. The molecular formula is C81H74Cl10F25O5P5Ti5. The summed E-state index contributed by atoms with van der Waals surface area (Å²) in [6, 6.07) is 17.2. The van der Waals surface area contributed by atoms with Gasteiger partial charge in [-0.1, -0.05) is 119 Å². The molecule has 0 bridgehead atoms. The van der Waals surface area contributed by atoms with E-state index in [4.69, 9.17) is 93.0 Å². The Kier molecular flexibility index (Phi) is 55.8. The molecule has 50 heteroatoms. The second kappa shape index (κ2) is 57.4. The predicted octanol–water partition coefficient (Wildman–Crippen LogP) is 28.2. The first-order valence-electron chi connectivity index (χ1n) is 35.8. The van der Waals surface area contributed by atoms with Crippen molar-refractivity contribution in [2.45, 2.75) is 152 Å². The van der Waals surface area contributed by atoms with Crippen LogP contribution in [0.3, 0.4) is 0 Å². The quantitative estimate of drug-likeness (QED) is 0.0309. The Morgan fingerprint density at radius 3 is 0.779 bits per heavy atom. The standard InChI is InChI=1S/C20H22F5OP.2C17H16F5OP.C14H10F5OP.C13H10F5OP.10ClH.5Ti/c1-19(2,3)9-7-10(20(4,5)6)17(26)11(8-9)27-18-15(24)13(22)12(21)14(23)16(18)25;1-7-5-8(17(2,3)4)6-9(15(7)23)24-16-13(21)11(19)10(18)12(20)14(16)22;1-7-5-8(17(2,3)4)15(23)9(6-7)24-16-13(21)11(19)10(18)12(20)14(16)22;1-5-3-6(2)13(20)7(4-5)21-14-11(18)9(16)8(15)10(17)12(14)19;1-5-2-3-6(19)7(4-5)20-13-11(17)9(15)8(14)10(16)12(13)18;;;;;;;;;;;;;;;/h7-8,26-27H,1-6H3;2*5-6,23-24H,1-4H3;3-4,20-21H,1-2H3;2-4,8-9,19-20H,1H3;10*1H;;;;;/q;;;;;;;;;;;;;;;5*+2/p-10. The molecule has 0 fully saturated rings. The van der Waals surface area contributed by atoms with Gasteiger partial charge < -0.3 is 25.5 Å². The monoisotopic (exact) mass is 2350 g/mol. The molecule has 5 N–H and O–H groups in total. The van der Waals surface area contributed by atoms with Crippen LogP contribution in [0.1, 0.15) is 133 Å². The molecule has 0 saturated carbocycles. The number of hydrogen-bond donors (Lipinski definition) is 5. The number of allylic oxidation sites excluding steroid dienone is 4. The number of aromatic hydroxyl groups is 5. The first-order valence-corrected chi connectivity index (χ1v) is 62.3. The third kappa shape index (κ3) is 35.8. The summed E-state index contributed by atoms with van der Waals surface area (Å²) in [5.74, 6) is -46.1. The van der Waals surface area contributed by atoms with Gasteiger partial charge in [-0.3, -0.25) is 0 Å². The van der Waals surface area contributed by atoms with E-state index in [0.29, 0.717) is 38.9 Å². The third-order valence-corrected chi connectivity index (χ3v) is 23.9. The van der Waals surface area contributed by atoms with Gasteiger partial charge >= 0.3 is 178 Å². The number of halogens is 35. The molecule has 0 saturated heterocycles. The summed E-state index contributed by atoms with van der Waals surface area (Å²) in [5.41, 5.74) is 4.10. The van der Waals surface area contributed by atoms with Gasteiger partial charge in [0.1, 0.15) is 34.6 Å². The summed E-state index contributed by atoms with van der Waals surface area (Å²) < 4.78 is 337. The average Bonchev–Trinajstić information content (AvgIpc) is 0.779. The van der Waals surface area contributed by atoms with Crippen molar-refractivity contribution < 1.29 is 220 Å². The van der Waals surface area contributed by atoms with Crippen LogP contribution >= 0.6 is 136 Å². The van der Waals surface area contributed by atoms with Crippen molar-refractivity contribution in [3.63, 3.8) is 0 Å². The Hall–Kier alpha value is -1.67. The number of benzene rings is 9. The fraction of sp³-hybridized carbons (Fsp3) is 0.284. The molecule has 9 aromatic carbocycles. The normalized spacial score (nSPS) is 13.3. The van der Waals surface area contributed by atoms with E-state index in [0.717, 1.165) is 11.1 Å². The van der Waals surface area contributed by atoms with E-state index in [2.05, 4.69) is 0 Å². The molecule has 5 nitrogen and oxygen atoms in total. The first-order chi connectivity index (χ1) is 60.2. The van der Waals surface area contributed by atoms with Crippen molar-refractivity contribution in [3.05, 3.63) is 256 Å². The van der Waals surface area contributed by atoms with Crippen LogP contribution in [-0.2, 0) is 107 Å². The van der Waals surface area contributed by atoms with Gasteiger partial charge in [0.05, 0.1) is 26.5 Å². The van der Waals surface area contributed by atoms with Gasteiger partial charge in [-0.2, -0.15) is 0 Å². The number of phenols is 5. The van der Waals surface area contributed by atoms with E-state index < -0.39 is 312 Å². The average molecular weight is 2350 g/mol. The molecule has 1 aliphatic rings. The molecule has 0 aromatic heterocycles. The van der Waals surface area contributed by atoms with Crippen LogP contribution in [0, 0.1) is 151 Å². The maximum atomic E-state index is 14.1. The number of alkyl halides is 2. The van der Waals surface area contributed by atoms with Gasteiger partial charge in [0.15, 0.2) is 117 Å². The summed E-state index contributed by atoms with van der Waals surface area (Å²) in [5, 5.41) is 46.6. The summed E-state index contributed by atoms with van der Waals surface area (Å²) in [6.45, 7) is 30.9. The van der Waals surface area contributed by atoms with E-state index in [1.54, 1.807) is 65.0 Å². The van der Waals surface area contributed by atoms with E-state index in [9.17, 15) is 135 Å². The zero-order valence-electron chi connectivity index (χ0n) is 70.5. The van der Waals surface area contributed by atoms with Crippen LogP contribution < -0.4 is 47.7 Å². The van der Waals surface area contributed by atoms with Gasteiger partial charge in [0.25, 0.3) is 0 Å². The molecule has 10 rings (SSSR count). The van der Waals surface area contributed by atoms with Gasteiger partial charge in [0, 0.05) is 37.6 Å². The summed E-state index contributed by atoms with van der Waals surface area (Å²) >= 11 is -2.78. The minimum atomic E-state index is -2.96. The van der Waals surface area contributed by atoms with Crippen LogP contribution in [0.15, 0.2) is 89.5 Å². The first kappa shape index (κ1) is 127. The molecule has 7 atom stereocenters. The molecule has 718 valence electrons. The summed E-state index contributed by atoms with van der Waals surface area (Å²) in [6.07, 6.45) is -5.82. The van der Waals surface area contributed by atoms with Crippen molar-refractivity contribution in [1.29, 1.82) is 0 Å². The van der Waals surface area contributed by atoms with Gasteiger partial charge in [-0.15, -0.1) is 0 Å². The third-order valence-electron chi connectivity index (χ3n) is 17.2. The molecule has 0 aliphatic heterocycles. The molecule has 0 spiro atoms. The zero-order valence-corrected chi connectivity index (χ0v) is 90.8. The fourth-order valence-electron chi connectivity index (χ4n) is 10.7. The van der Waals surface area contributed by atoms with Crippen molar-refractivity contribution >= 4 is 184 Å². The molecule has 0 amide bonds. The van der Waals surface area contributed by atoms with Crippen molar-refractivity contribution in [2.75, 3.05) is 0 Å². The van der Waals surface area contributed by atoms with E-state index >= 15 is 0 Å².